The van der Waals surface area contributed by atoms with Crippen LogP contribution in [0.3, 0.4) is 0 Å². The fourth-order valence-electron chi connectivity index (χ4n) is 2.82. The molecule has 0 radical (unpaired) electrons. The summed E-state index contributed by atoms with van der Waals surface area (Å²) in [7, 11) is 1.78. The van der Waals surface area contributed by atoms with Crippen molar-refractivity contribution in [3.8, 4) is 0 Å². The zero-order chi connectivity index (χ0) is 12.5. The second-order valence-corrected chi connectivity index (χ2v) is 5.23. The Hall–Kier alpha value is -1.10. The van der Waals surface area contributed by atoms with E-state index in [1.54, 1.807) is 16.8 Å². The summed E-state index contributed by atoms with van der Waals surface area (Å²) < 4.78 is 0. The first-order chi connectivity index (χ1) is 8.09. The topological polar surface area (TPSA) is 66.6 Å². The van der Waals surface area contributed by atoms with Crippen molar-refractivity contribution < 1.29 is 9.59 Å². The highest BCUT2D eigenvalue weighted by atomic mass is 16.2. The molecule has 0 aromatic rings. The lowest BCUT2D eigenvalue weighted by atomic mass is 9.84. The van der Waals surface area contributed by atoms with E-state index in [2.05, 4.69) is 0 Å². The van der Waals surface area contributed by atoms with Crippen LogP contribution in [0.15, 0.2) is 0 Å². The Bertz CT molecular complexity index is 324. The van der Waals surface area contributed by atoms with E-state index in [9.17, 15) is 9.59 Å². The molecule has 17 heavy (non-hydrogen) atoms. The Balaban J connectivity index is 2.07. The summed E-state index contributed by atoms with van der Waals surface area (Å²) in [6.45, 7) is 1.90. The van der Waals surface area contributed by atoms with Crippen LogP contribution in [-0.4, -0.2) is 54.8 Å². The van der Waals surface area contributed by atoms with Gasteiger partial charge < -0.3 is 15.5 Å². The summed E-state index contributed by atoms with van der Waals surface area (Å²) >= 11 is 0. The number of hydrogen-bond donors (Lipinski definition) is 1. The van der Waals surface area contributed by atoms with Crippen LogP contribution in [0.5, 0.6) is 0 Å². The molecule has 1 heterocycles. The lowest BCUT2D eigenvalue weighted by molar-refractivity contribution is -0.150. The van der Waals surface area contributed by atoms with Gasteiger partial charge in [-0.1, -0.05) is 12.8 Å². The summed E-state index contributed by atoms with van der Waals surface area (Å²) in [5.74, 6) is 0.119. The fraction of sp³-hybridized carbons (Fsp3) is 0.833. The van der Waals surface area contributed by atoms with Gasteiger partial charge in [0, 0.05) is 26.7 Å². The number of nitrogens with two attached hydrogens (primary N) is 1. The zero-order valence-electron chi connectivity index (χ0n) is 10.4. The standard InChI is InChI=1S/C12H21N3O2/c1-14-6-7-15(8-10(14)16)11(17)12(9-13)4-2-3-5-12/h2-9,13H2,1H3. The van der Waals surface area contributed by atoms with E-state index in [1.807, 2.05) is 0 Å². The highest BCUT2D eigenvalue weighted by Crippen LogP contribution is 2.38. The molecule has 1 saturated heterocycles. The van der Waals surface area contributed by atoms with E-state index in [4.69, 9.17) is 5.73 Å². The molecule has 0 aromatic carbocycles. The van der Waals surface area contributed by atoms with Crippen LogP contribution in [0.1, 0.15) is 25.7 Å². The van der Waals surface area contributed by atoms with Gasteiger partial charge in [-0.2, -0.15) is 0 Å². The SMILES string of the molecule is CN1CCN(C(=O)C2(CN)CCCC2)CC1=O. The molecule has 1 saturated carbocycles. The lowest BCUT2D eigenvalue weighted by Crippen LogP contribution is -2.55. The number of likely N-dealkylation sites (N-methyl/N-ethyl adjacent to an activating group) is 1. The van der Waals surface area contributed by atoms with Crippen LogP contribution in [-0.2, 0) is 9.59 Å². The highest BCUT2D eigenvalue weighted by molar-refractivity contribution is 5.89. The van der Waals surface area contributed by atoms with Crippen LogP contribution in [0.4, 0.5) is 0 Å². The van der Waals surface area contributed by atoms with E-state index in [-0.39, 0.29) is 23.8 Å². The normalized spacial score (nSPS) is 24.2. The lowest BCUT2D eigenvalue weighted by Gasteiger charge is -2.37. The molecule has 0 unspecified atom stereocenters. The zero-order valence-corrected chi connectivity index (χ0v) is 10.4. The maximum atomic E-state index is 12.5. The average molecular weight is 239 g/mol. The number of rotatable bonds is 2. The molecule has 0 atom stereocenters. The number of nitrogens with zero attached hydrogens (tertiary/aromatic N) is 2. The van der Waals surface area contributed by atoms with Gasteiger partial charge in [-0.3, -0.25) is 9.59 Å². The van der Waals surface area contributed by atoms with Crippen molar-refractivity contribution >= 4 is 11.8 Å². The van der Waals surface area contributed by atoms with Crippen molar-refractivity contribution in [1.82, 2.24) is 9.80 Å². The third-order valence-electron chi connectivity index (χ3n) is 4.15. The predicted octanol–water partition coefficient (Wildman–Crippen LogP) is -0.194. The molecule has 1 aliphatic heterocycles. The molecule has 2 aliphatic rings. The second kappa shape index (κ2) is 4.64. The summed E-state index contributed by atoms with van der Waals surface area (Å²) in [5.41, 5.74) is 5.42. The van der Waals surface area contributed by atoms with Gasteiger partial charge in [-0.15, -0.1) is 0 Å². The number of carbonyl (C=O) groups excluding carboxylic acids is 2. The number of hydrogen-bond acceptors (Lipinski definition) is 3. The van der Waals surface area contributed by atoms with Crippen molar-refractivity contribution in [3.05, 3.63) is 0 Å². The third-order valence-corrected chi connectivity index (χ3v) is 4.15. The molecule has 96 valence electrons. The Labute approximate surface area is 102 Å². The average Bonchev–Trinajstić information content (AvgIpc) is 2.81. The molecule has 0 bridgehead atoms. The molecule has 5 nitrogen and oxygen atoms in total. The predicted molar refractivity (Wildman–Crippen MR) is 64.2 cm³/mol. The fourth-order valence-corrected chi connectivity index (χ4v) is 2.82. The Morgan fingerprint density at radius 3 is 2.53 bits per heavy atom. The van der Waals surface area contributed by atoms with Gasteiger partial charge in [0.1, 0.15) is 0 Å². The summed E-state index contributed by atoms with van der Waals surface area (Å²) in [4.78, 5) is 27.5. The van der Waals surface area contributed by atoms with Crippen molar-refractivity contribution in [2.24, 2.45) is 11.1 Å². The second-order valence-electron chi connectivity index (χ2n) is 5.23. The van der Waals surface area contributed by atoms with Crippen LogP contribution in [0.2, 0.25) is 0 Å². The summed E-state index contributed by atoms with van der Waals surface area (Å²) in [6, 6.07) is 0. The molecule has 1 aliphatic carbocycles. The molecular formula is C12H21N3O2. The molecule has 2 fully saturated rings. The Kier molecular flexibility index (Phi) is 3.38. The van der Waals surface area contributed by atoms with Gasteiger partial charge in [-0.25, -0.2) is 0 Å². The smallest absolute Gasteiger partial charge is 0.241 e. The van der Waals surface area contributed by atoms with Crippen molar-refractivity contribution in [1.29, 1.82) is 0 Å². The third kappa shape index (κ3) is 2.16. The molecule has 2 N–H and O–H groups in total. The first kappa shape index (κ1) is 12.4. The molecule has 0 aromatic heterocycles. The minimum atomic E-state index is -0.379. The van der Waals surface area contributed by atoms with Gasteiger partial charge >= 0.3 is 0 Å². The number of piperazine rings is 1. The van der Waals surface area contributed by atoms with E-state index in [0.717, 1.165) is 25.7 Å². The summed E-state index contributed by atoms with van der Waals surface area (Å²) in [5, 5.41) is 0. The molecule has 2 amide bonds. The Morgan fingerprint density at radius 2 is 2.00 bits per heavy atom. The first-order valence-corrected chi connectivity index (χ1v) is 6.32. The quantitative estimate of drug-likeness (QED) is 0.726. The van der Waals surface area contributed by atoms with Crippen LogP contribution < -0.4 is 5.73 Å². The maximum Gasteiger partial charge on any atom is 0.241 e. The number of carbonyl (C=O) groups is 2. The van der Waals surface area contributed by atoms with Crippen LogP contribution in [0, 0.1) is 5.41 Å². The van der Waals surface area contributed by atoms with E-state index >= 15 is 0 Å². The van der Waals surface area contributed by atoms with Gasteiger partial charge in [0.2, 0.25) is 11.8 Å². The van der Waals surface area contributed by atoms with Crippen molar-refractivity contribution in [2.75, 3.05) is 33.2 Å². The maximum absolute atomic E-state index is 12.5. The summed E-state index contributed by atoms with van der Waals surface area (Å²) in [6.07, 6.45) is 3.90. The van der Waals surface area contributed by atoms with Crippen LogP contribution >= 0.6 is 0 Å². The minimum absolute atomic E-state index is 0.0229. The van der Waals surface area contributed by atoms with Crippen molar-refractivity contribution in [2.45, 2.75) is 25.7 Å². The minimum Gasteiger partial charge on any atom is -0.342 e. The first-order valence-electron chi connectivity index (χ1n) is 6.32. The number of amides is 2. The molecular weight excluding hydrogens is 218 g/mol. The van der Waals surface area contributed by atoms with Gasteiger partial charge in [0.15, 0.2) is 0 Å². The molecule has 0 spiro atoms. The monoisotopic (exact) mass is 239 g/mol. The largest absolute Gasteiger partial charge is 0.342 e. The van der Waals surface area contributed by atoms with Gasteiger partial charge in [-0.05, 0) is 12.8 Å². The van der Waals surface area contributed by atoms with E-state index in [1.165, 1.54) is 0 Å². The van der Waals surface area contributed by atoms with Gasteiger partial charge in [0.05, 0.1) is 12.0 Å². The van der Waals surface area contributed by atoms with Crippen LogP contribution in [0.25, 0.3) is 0 Å². The molecule has 5 heteroatoms. The molecule has 2 rings (SSSR count). The van der Waals surface area contributed by atoms with Gasteiger partial charge in [0.25, 0.3) is 0 Å². The Morgan fingerprint density at radius 1 is 1.35 bits per heavy atom. The van der Waals surface area contributed by atoms with E-state index < -0.39 is 0 Å². The van der Waals surface area contributed by atoms with Crippen molar-refractivity contribution in [3.63, 3.8) is 0 Å². The van der Waals surface area contributed by atoms with E-state index in [0.29, 0.717) is 19.6 Å². The highest BCUT2D eigenvalue weighted by Gasteiger charge is 2.43.